The minimum Gasteiger partial charge on any atom is -0.374 e. The fourth-order valence-electron chi connectivity index (χ4n) is 4.98. The molecule has 0 aliphatic carbocycles. The van der Waals surface area contributed by atoms with Crippen molar-refractivity contribution in [2.75, 3.05) is 13.2 Å². The molecule has 1 fully saturated rings. The van der Waals surface area contributed by atoms with Crippen LogP contribution in [-0.4, -0.2) is 37.3 Å². The lowest BCUT2D eigenvalue weighted by Gasteiger charge is -2.31. The highest BCUT2D eigenvalue weighted by atomic mass is 16.6. The molecule has 42 heavy (non-hydrogen) atoms. The Balaban J connectivity index is 1.40. The second kappa shape index (κ2) is 15.3. The van der Waals surface area contributed by atoms with E-state index in [1.165, 1.54) is 0 Å². The standard InChI is InChI=1S/C34H35N3O5/c35-37-36-34(26-39-22-28-15-7-2-8-16-28)33(41-24-30-19-11-4-12-20-30)32(40-23-29-17-9-3-10-18-29)31(42-34)25-38-21-27-13-5-1-6-14-27/h1-20,31-33H,21-26H2/t31-,32-,33+,34?/m1/s1. The van der Waals surface area contributed by atoms with Gasteiger partial charge >= 0.3 is 0 Å². The molecule has 0 spiro atoms. The number of ether oxygens (including phenoxy) is 5. The number of hydrogen-bond donors (Lipinski definition) is 0. The summed E-state index contributed by atoms with van der Waals surface area (Å²) in [6, 6.07) is 39.5. The van der Waals surface area contributed by atoms with Crippen molar-refractivity contribution >= 4 is 0 Å². The molecule has 0 N–H and O–H groups in total. The van der Waals surface area contributed by atoms with E-state index in [1.807, 2.05) is 121 Å². The zero-order valence-electron chi connectivity index (χ0n) is 23.4. The molecular formula is C34H35N3O5. The maximum absolute atomic E-state index is 9.71. The van der Waals surface area contributed by atoms with Gasteiger partial charge in [-0.3, -0.25) is 0 Å². The first-order valence-electron chi connectivity index (χ1n) is 14.0. The maximum atomic E-state index is 9.71. The van der Waals surface area contributed by atoms with Crippen LogP contribution in [0.2, 0.25) is 0 Å². The van der Waals surface area contributed by atoms with Gasteiger partial charge in [-0.2, -0.15) is 0 Å². The molecule has 0 radical (unpaired) electrons. The predicted octanol–water partition coefficient (Wildman–Crippen LogP) is 7.00. The lowest BCUT2D eigenvalue weighted by atomic mass is 10.0. The number of nitrogens with zero attached hydrogens (tertiary/aromatic N) is 3. The van der Waals surface area contributed by atoms with Crippen LogP contribution < -0.4 is 0 Å². The molecule has 1 saturated heterocycles. The topological polar surface area (TPSA) is 94.9 Å². The van der Waals surface area contributed by atoms with Crippen LogP contribution in [0, 0.1) is 0 Å². The molecule has 0 saturated carbocycles. The van der Waals surface area contributed by atoms with Gasteiger partial charge in [0.05, 0.1) is 39.6 Å². The minimum atomic E-state index is -1.47. The lowest BCUT2D eigenvalue weighted by molar-refractivity contribution is -0.150. The predicted molar refractivity (Wildman–Crippen MR) is 159 cm³/mol. The third-order valence-electron chi connectivity index (χ3n) is 7.05. The molecule has 1 aliphatic heterocycles. The lowest BCUT2D eigenvalue weighted by Crippen LogP contribution is -2.47. The Hall–Kier alpha value is -4.01. The Morgan fingerprint density at radius 2 is 1.07 bits per heavy atom. The third-order valence-corrected chi connectivity index (χ3v) is 7.05. The summed E-state index contributed by atoms with van der Waals surface area (Å²) >= 11 is 0. The van der Waals surface area contributed by atoms with Gasteiger partial charge in [0, 0.05) is 4.91 Å². The second-order valence-corrected chi connectivity index (χ2v) is 10.1. The molecule has 1 heterocycles. The van der Waals surface area contributed by atoms with Gasteiger partial charge < -0.3 is 23.7 Å². The first kappa shape index (κ1) is 29.5. The zero-order valence-corrected chi connectivity index (χ0v) is 23.4. The molecule has 4 aromatic carbocycles. The molecule has 1 aliphatic rings. The van der Waals surface area contributed by atoms with Crippen LogP contribution >= 0.6 is 0 Å². The van der Waals surface area contributed by atoms with Gasteiger partial charge in [-0.05, 0) is 27.8 Å². The van der Waals surface area contributed by atoms with Crippen molar-refractivity contribution in [3.05, 3.63) is 154 Å². The highest BCUT2D eigenvalue weighted by molar-refractivity contribution is 5.17. The molecular weight excluding hydrogens is 530 g/mol. The molecule has 4 atom stereocenters. The van der Waals surface area contributed by atoms with Gasteiger partial charge in [-0.1, -0.05) is 126 Å². The highest BCUT2D eigenvalue weighted by Gasteiger charge is 2.57. The van der Waals surface area contributed by atoms with Crippen LogP contribution in [0.3, 0.4) is 0 Å². The van der Waals surface area contributed by atoms with Crippen LogP contribution in [-0.2, 0) is 50.1 Å². The average molecular weight is 566 g/mol. The molecule has 216 valence electrons. The summed E-state index contributed by atoms with van der Waals surface area (Å²) in [5.74, 6) is 0. The van der Waals surface area contributed by atoms with Crippen molar-refractivity contribution < 1.29 is 23.7 Å². The van der Waals surface area contributed by atoms with Crippen LogP contribution in [0.1, 0.15) is 22.3 Å². The van der Waals surface area contributed by atoms with Crippen LogP contribution in [0.25, 0.3) is 10.4 Å². The highest BCUT2D eigenvalue weighted by Crippen LogP contribution is 2.39. The molecule has 4 aromatic rings. The summed E-state index contributed by atoms with van der Waals surface area (Å²) < 4.78 is 31.8. The maximum Gasteiger partial charge on any atom is 0.199 e. The quantitative estimate of drug-likeness (QED) is 0.0879. The molecule has 0 bridgehead atoms. The van der Waals surface area contributed by atoms with Gasteiger partial charge in [0.25, 0.3) is 0 Å². The van der Waals surface area contributed by atoms with Gasteiger partial charge in [0.2, 0.25) is 0 Å². The van der Waals surface area contributed by atoms with E-state index >= 15 is 0 Å². The van der Waals surface area contributed by atoms with E-state index in [2.05, 4.69) is 10.0 Å². The van der Waals surface area contributed by atoms with E-state index < -0.39 is 24.0 Å². The molecule has 8 heteroatoms. The van der Waals surface area contributed by atoms with Gasteiger partial charge in [0.1, 0.15) is 18.3 Å². The zero-order chi connectivity index (χ0) is 28.9. The normalized spacial score (nSPS) is 21.6. The van der Waals surface area contributed by atoms with Crippen molar-refractivity contribution in [2.24, 2.45) is 5.11 Å². The second-order valence-electron chi connectivity index (χ2n) is 10.1. The molecule has 0 amide bonds. The van der Waals surface area contributed by atoms with Crippen molar-refractivity contribution in [1.29, 1.82) is 0 Å². The van der Waals surface area contributed by atoms with Crippen LogP contribution in [0.5, 0.6) is 0 Å². The fraction of sp³-hybridized carbons (Fsp3) is 0.294. The summed E-state index contributed by atoms with van der Waals surface area (Å²) in [6.07, 6.45) is -1.95. The monoisotopic (exact) mass is 565 g/mol. The largest absolute Gasteiger partial charge is 0.374 e. The van der Waals surface area contributed by atoms with Gasteiger partial charge in [-0.25, -0.2) is 0 Å². The summed E-state index contributed by atoms with van der Waals surface area (Å²) in [5, 5.41) is 4.17. The fourth-order valence-corrected chi connectivity index (χ4v) is 4.98. The Morgan fingerprint density at radius 1 is 0.619 bits per heavy atom. The summed E-state index contributed by atoms with van der Waals surface area (Å²) in [4.78, 5) is 3.18. The third kappa shape index (κ3) is 8.05. The summed E-state index contributed by atoms with van der Waals surface area (Å²) in [5.41, 5.74) is 12.3. The van der Waals surface area contributed by atoms with Gasteiger partial charge in [-0.15, -0.1) is 0 Å². The average Bonchev–Trinajstić information content (AvgIpc) is 3.32. The summed E-state index contributed by atoms with van der Waals surface area (Å²) in [7, 11) is 0. The van der Waals surface area contributed by atoms with E-state index in [-0.39, 0.29) is 19.8 Å². The van der Waals surface area contributed by atoms with E-state index in [0.717, 1.165) is 22.3 Å². The van der Waals surface area contributed by atoms with Crippen LogP contribution in [0.4, 0.5) is 0 Å². The smallest absolute Gasteiger partial charge is 0.199 e. The number of rotatable bonds is 15. The molecule has 1 unspecified atom stereocenters. The Kier molecular flexibility index (Phi) is 10.7. The molecule has 8 nitrogen and oxygen atoms in total. The molecule has 0 aromatic heterocycles. The number of azide groups is 1. The van der Waals surface area contributed by atoms with Crippen molar-refractivity contribution in [3.8, 4) is 0 Å². The Labute approximate surface area is 246 Å². The van der Waals surface area contributed by atoms with Crippen LogP contribution in [0.15, 0.2) is 126 Å². The van der Waals surface area contributed by atoms with E-state index in [4.69, 9.17) is 23.7 Å². The van der Waals surface area contributed by atoms with Crippen molar-refractivity contribution in [2.45, 2.75) is 50.5 Å². The molecule has 5 rings (SSSR count). The van der Waals surface area contributed by atoms with E-state index in [0.29, 0.717) is 19.8 Å². The Morgan fingerprint density at radius 3 is 1.57 bits per heavy atom. The SMILES string of the molecule is [N-]=[N+]=NC1(COCc2ccccc2)O[C@H](COCc2ccccc2)[C@@H](OCc2ccccc2)[C@@H]1OCc1ccccc1. The Bertz CT molecular complexity index is 1390. The minimum absolute atomic E-state index is 0.0220. The number of benzene rings is 4. The van der Waals surface area contributed by atoms with Crippen molar-refractivity contribution in [1.82, 2.24) is 0 Å². The van der Waals surface area contributed by atoms with Crippen molar-refractivity contribution in [3.63, 3.8) is 0 Å². The number of hydrogen-bond acceptors (Lipinski definition) is 6. The first-order valence-corrected chi connectivity index (χ1v) is 14.0. The van der Waals surface area contributed by atoms with E-state index in [1.54, 1.807) is 0 Å². The van der Waals surface area contributed by atoms with E-state index in [9.17, 15) is 5.53 Å². The van der Waals surface area contributed by atoms with Gasteiger partial charge in [0.15, 0.2) is 5.72 Å². The first-order chi connectivity index (χ1) is 20.8. The summed E-state index contributed by atoms with van der Waals surface area (Å²) in [6.45, 7) is 1.52.